The van der Waals surface area contributed by atoms with E-state index in [-0.39, 0.29) is 24.2 Å². The van der Waals surface area contributed by atoms with Gasteiger partial charge in [-0.25, -0.2) is 0 Å². The topological polar surface area (TPSA) is 61.4 Å². The molecule has 0 aliphatic carbocycles. The Bertz CT molecular complexity index is 541. The van der Waals surface area contributed by atoms with Crippen LogP contribution in [0.2, 0.25) is 0 Å². The number of carbonyl (C=O) groups excluding carboxylic acids is 2. The maximum atomic E-state index is 12.3. The summed E-state index contributed by atoms with van der Waals surface area (Å²) in [6.07, 6.45) is 3.72. The van der Waals surface area contributed by atoms with Crippen LogP contribution in [0.1, 0.15) is 49.9 Å². The molecule has 0 spiro atoms. The summed E-state index contributed by atoms with van der Waals surface area (Å²) in [5.74, 6) is 0.00685. The summed E-state index contributed by atoms with van der Waals surface area (Å²) >= 11 is 0. The number of halogens is 1. The van der Waals surface area contributed by atoms with Gasteiger partial charge in [0.2, 0.25) is 5.91 Å². The maximum absolute atomic E-state index is 12.3. The van der Waals surface area contributed by atoms with E-state index in [1.54, 1.807) is 17.0 Å². The Hall–Kier alpha value is -1.59. The second-order valence-corrected chi connectivity index (χ2v) is 5.94. The van der Waals surface area contributed by atoms with Crippen LogP contribution in [0, 0.1) is 0 Å². The molecule has 1 aromatic carbocycles. The molecule has 2 N–H and O–H groups in total. The number of nitrogens with zero attached hydrogens (tertiary/aromatic N) is 1. The Labute approximate surface area is 150 Å². The fraction of sp³-hybridized carbons (Fsp3) is 0.556. The molecular weight excluding hydrogens is 326 g/mol. The summed E-state index contributed by atoms with van der Waals surface area (Å²) in [6, 6.07) is 7.65. The Balaban J connectivity index is 0.00000288. The number of rotatable bonds is 7. The Morgan fingerprint density at radius 2 is 2.04 bits per heavy atom. The molecule has 24 heavy (non-hydrogen) atoms. The summed E-state index contributed by atoms with van der Waals surface area (Å²) in [7, 11) is 0. The highest BCUT2D eigenvalue weighted by atomic mass is 35.5. The third-order valence-corrected chi connectivity index (χ3v) is 4.33. The molecule has 1 saturated heterocycles. The van der Waals surface area contributed by atoms with E-state index in [0.717, 1.165) is 19.4 Å². The molecule has 1 atom stereocenters. The predicted molar refractivity (Wildman–Crippen MR) is 99.8 cm³/mol. The van der Waals surface area contributed by atoms with Crippen LogP contribution in [-0.2, 0) is 4.79 Å². The highest BCUT2D eigenvalue weighted by molar-refractivity contribution is 5.97. The van der Waals surface area contributed by atoms with Gasteiger partial charge >= 0.3 is 0 Å². The first-order chi connectivity index (χ1) is 11.1. The van der Waals surface area contributed by atoms with Gasteiger partial charge < -0.3 is 15.5 Å². The van der Waals surface area contributed by atoms with E-state index in [9.17, 15) is 9.59 Å². The first-order valence-corrected chi connectivity index (χ1v) is 8.56. The molecule has 1 aromatic rings. The Kier molecular flexibility index (Phi) is 8.79. The van der Waals surface area contributed by atoms with Gasteiger partial charge in [-0.1, -0.05) is 6.07 Å². The van der Waals surface area contributed by atoms with Crippen LogP contribution >= 0.6 is 12.4 Å². The van der Waals surface area contributed by atoms with Gasteiger partial charge in [-0.2, -0.15) is 0 Å². The zero-order valence-corrected chi connectivity index (χ0v) is 15.3. The molecule has 1 fully saturated rings. The van der Waals surface area contributed by atoms with Gasteiger partial charge in [0.15, 0.2) is 0 Å². The number of nitrogens with one attached hydrogen (secondary N) is 2. The second kappa shape index (κ2) is 10.3. The van der Waals surface area contributed by atoms with Gasteiger partial charge in [-0.3, -0.25) is 9.59 Å². The Morgan fingerprint density at radius 3 is 2.67 bits per heavy atom. The lowest BCUT2D eigenvalue weighted by atomic mass is 10.1. The monoisotopic (exact) mass is 353 g/mol. The van der Waals surface area contributed by atoms with Crippen molar-refractivity contribution in [2.75, 3.05) is 25.0 Å². The minimum absolute atomic E-state index is 0. The van der Waals surface area contributed by atoms with Crippen molar-refractivity contribution in [3.05, 3.63) is 29.8 Å². The van der Waals surface area contributed by atoms with Crippen LogP contribution in [0.4, 0.5) is 5.69 Å². The largest absolute Gasteiger partial charge is 0.339 e. The van der Waals surface area contributed by atoms with Crippen LogP contribution < -0.4 is 10.6 Å². The smallest absolute Gasteiger partial charge is 0.253 e. The average Bonchev–Trinajstić information content (AvgIpc) is 3.08. The van der Waals surface area contributed by atoms with E-state index in [1.165, 1.54) is 6.42 Å². The van der Waals surface area contributed by atoms with Gasteiger partial charge in [0.25, 0.3) is 5.91 Å². The number of anilines is 1. The molecule has 2 amide bonds. The molecule has 1 unspecified atom stereocenters. The first-order valence-electron chi connectivity index (χ1n) is 8.56. The van der Waals surface area contributed by atoms with Crippen molar-refractivity contribution in [3.8, 4) is 0 Å². The SMILES string of the molecule is CCN(CC)C(=O)c1cccc(NC(=O)CCC2CCCN2)c1.Cl. The van der Waals surface area contributed by atoms with E-state index in [0.29, 0.717) is 36.8 Å². The highest BCUT2D eigenvalue weighted by Gasteiger charge is 2.16. The molecule has 1 heterocycles. The zero-order valence-electron chi connectivity index (χ0n) is 14.5. The molecule has 5 nitrogen and oxygen atoms in total. The third kappa shape index (κ3) is 5.80. The lowest BCUT2D eigenvalue weighted by molar-refractivity contribution is -0.116. The van der Waals surface area contributed by atoms with E-state index < -0.39 is 0 Å². The van der Waals surface area contributed by atoms with E-state index in [2.05, 4.69) is 10.6 Å². The van der Waals surface area contributed by atoms with Crippen LogP contribution in [0.3, 0.4) is 0 Å². The molecule has 0 saturated carbocycles. The number of carbonyl (C=O) groups is 2. The number of benzene rings is 1. The van der Waals surface area contributed by atoms with Crippen LogP contribution in [0.5, 0.6) is 0 Å². The fourth-order valence-corrected chi connectivity index (χ4v) is 2.96. The zero-order chi connectivity index (χ0) is 16.7. The summed E-state index contributed by atoms with van der Waals surface area (Å²) in [5.41, 5.74) is 1.30. The van der Waals surface area contributed by atoms with E-state index in [1.807, 2.05) is 26.0 Å². The van der Waals surface area contributed by atoms with Crippen molar-refractivity contribution in [1.82, 2.24) is 10.2 Å². The second-order valence-electron chi connectivity index (χ2n) is 5.94. The van der Waals surface area contributed by atoms with Gasteiger partial charge in [0.1, 0.15) is 0 Å². The van der Waals surface area contributed by atoms with Gasteiger partial charge in [-0.15, -0.1) is 12.4 Å². The van der Waals surface area contributed by atoms with Crippen LogP contribution in [0.15, 0.2) is 24.3 Å². The average molecular weight is 354 g/mol. The molecular formula is C18H28ClN3O2. The van der Waals surface area contributed by atoms with Crippen molar-refractivity contribution in [3.63, 3.8) is 0 Å². The highest BCUT2D eigenvalue weighted by Crippen LogP contribution is 2.15. The summed E-state index contributed by atoms with van der Waals surface area (Å²) in [6.45, 7) is 6.34. The van der Waals surface area contributed by atoms with Gasteiger partial charge in [0.05, 0.1) is 0 Å². The molecule has 0 bridgehead atoms. The molecule has 134 valence electrons. The van der Waals surface area contributed by atoms with Crippen molar-refractivity contribution < 1.29 is 9.59 Å². The summed E-state index contributed by atoms with van der Waals surface area (Å²) in [4.78, 5) is 26.2. The van der Waals surface area contributed by atoms with Crippen LogP contribution in [0.25, 0.3) is 0 Å². The standard InChI is InChI=1S/C18H27N3O2.ClH/c1-3-21(4-2)18(23)14-7-5-8-16(13-14)20-17(22)11-10-15-9-6-12-19-15;/h5,7-8,13,15,19H,3-4,6,9-12H2,1-2H3,(H,20,22);1H. The Morgan fingerprint density at radius 1 is 1.29 bits per heavy atom. The third-order valence-electron chi connectivity index (χ3n) is 4.33. The summed E-state index contributed by atoms with van der Waals surface area (Å²) < 4.78 is 0. The summed E-state index contributed by atoms with van der Waals surface area (Å²) in [5, 5.41) is 6.29. The van der Waals surface area contributed by atoms with Crippen LogP contribution in [-0.4, -0.2) is 42.4 Å². The molecule has 1 aliphatic heterocycles. The number of amides is 2. The minimum atomic E-state index is 0. The molecule has 0 radical (unpaired) electrons. The fourth-order valence-electron chi connectivity index (χ4n) is 2.96. The van der Waals surface area contributed by atoms with Crippen molar-refractivity contribution in [2.24, 2.45) is 0 Å². The van der Waals surface area contributed by atoms with Crippen molar-refractivity contribution in [2.45, 2.75) is 45.6 Å². The lowest BCUT2D eigenvalue weighted by Gasteiger charge is -2.19. The molecule has 0 aromatic heterocycles. The first kappa shape index (κ1) is 20.5. The predicted octanol–water partition coefficient (Wildman–Crippen LogP) is 3.06. The van der Waals surface area contributed by atoms with Gasteiger partial charge in [0, 0.05) is 36.8 Å². The van der Waals surface area contributed by atoms with E-state index >= 15 is 0 Å². The van der Waals surface area contributed by atoms with Gasteiger partial charge in [-0.05, 0) is 57.9 Å². The molecule has 1 aliphatic rings. The maximum Gasteiger partial charge on any atom is 0.253 e. The number of hydrogen-bond acceptors (Lipinski definition) is 3. The van der Waals surface area contributed by atoms with Crippen molar-refractivity contribution in [1.29, 1.82) is 0 Å². The number of hydrogen-bond donors (Lipinski definition) is 2. The van der Waals surface area contributed by atoms with Crippen molar-refractivity contribution >= 4 is 29.9 Å². The molecule has 2 rings (SSSR count). The minimum Gasteiger partial charge on any atom is -0.339 e. The quantitative estimate of drug-likeness (QED) is 0.792. The normalized spacial score (nSPS) is 16.3. The lowest BCUT2D eigenvalue weighted by Crippen LogP contribution is -2.30. The van der Waals surface area contributed by atoms with E-state index in [4.69, 9.17) is 0 Å². The molecule has 6 heteroatoms.